The van der Waals surface area contributed by atoms with Crippen LogP contribution in [0.1, 0.15) is 19.3 Å². The molecule has 0 heterocycles. The summed E-state index contributed by atoms with van der Waals surface area (Å²) in [5.41, 5.74) is 0. The summed E-state index contributed by atoms with van der Waals surface area (Å²) in [5.74, 6) is -0.952. The summed E-state index contributed by atoms with van der Waals surface area (Å²) < 4.78 is 0. The summed E-state index contributed by atoms with van der Waals surface area (Å²) in [6.45, 7) is 0. The lowest BCUT2D eigenvalue weighted by atomic mass is 9.80. The maximum atomic E-state index is 10.5. The molecule has 0 aromatic heterocycles. The molecule has 1 unspecified atom stereocenters. The van der Waals surface area contributed by atoms with Crippen molar-refractivity contribution in [3.05, 3.63) is 0 Å². The van der Waals surface area contributed by atoms with Gasteiger partial charge in [0.1, 0.15) is 0 Å². The smallest absolute Gasteiger partial charge is 0.329 e. The molecule has 1 saturated carbocycles. The van der Waals surface area contributed by atoms with Gasteiger partial charge in [0.05, 0.1) is 0 Å². The number of isocyanates is 1. The van der Waals surface area contributed by atoms with E-state index < -0.39 is 12.0 Å². The van der Waals surface area contributed by atoms with Crippen LogP contribution in [-0.2, 0) is 9.59 Å². The van der Waals surface area contributed by atoms with Gasteiger partial charge in [-0.15, -0.1) is 0 Å². The zero-order valence-electron chi connectivity index (χ0n) is 5.99. The van der Waals surface area contributed by atoms with E-state index in [1.165, 1.54) is 6.08 Å². The highest BCUT2D eigenvalue weighted by Gasteiger charge is 2.32. The Morgan fingerprint density at radius 1 is 1.64 bits per heavy atom. The molecule has 0 aromatic rings. The van der Waals surface area contributed by atoms with E-state index in [2.05, 4.69) is 4.99 Å². The highest BCUT2D eigenvalue weighted by Crippen LogP contribution is 2.31. The summed E-state index contributed by atoms with van der Waals surface area (Å²) in [7, 11) is 0. The first kappa shape index (κ1) is 7.95. The molecule has 1 fully saturated rings. The Hall–Kier alpha value is -1.15. The second-order valence-electron chi connectivity index (χ2n) is 2.69. The molecule has 1 aliphatic rings. The fraction of sp³-hybridized carbons (Fsp3) is 0.714. The van der Waals surface area contributed by atoms with Gasteiger partial charge in [-0.1, -0.05) is 6.42 Å². The standard InChI is InChI=1S/C7H9NO3/c9-4-8-6(7(10)11)5-2-1-3-5/h5-6H,1-3H2,(H,10,11). The quantitative estimate of drug-likeness (QED) is 0.478. The normalized spacial score (nSPS) is 19.6. The minimum absolute atomic E-state index is 0.0638. The third kappa shape index (κ3) is 1.65. The van der Waals surface area contributed by atoms with Crippen molar-refractivity contribution in [1.82, 2.24) is 0 Å². The van der Waals surface area contributed by atoms with Crippen molar-refractivity contribution >= 4 is 12.0 Å². The Morgan fingerprint density at radius 2 is 2.27 bits per heavy atom. The first-order valence-electron chi connectivity index (χ1n) is 3.55. The zero-order valence-corrected chi connectivity index (χ0v) is 5.99. The fourth-order valence-electron chi connectivity index (χ4n) is 1.17. The monoisotopic (exact) mass is 155 g/mol. The maximum absolute atomic E-state index is 10.5. The molecule has 11 heavy (non-hydrogen) atoms. The number of nitrogens with zero attached hydrogens (tertiary/aromatic N) is 1. The van der Waals surface area contributed by atoms with E-state index in [0.29, 0.717) is 0 Å². The van der Waals surface area contributed by atoms with Crippen molar-refractivity contribution in [1.29, 1.82) is 0 Å². The van der Waals surface area contributed by atoms with E-state index in [1.54, 1.807) is 0 Å². The highest BCUT2D eigenvalue weighted by molar-refractivity contribution is 5.75. The Bertz CT molecular complexity index is 202. The van der Waals surface area contributed by atoms with E-state index in [9.17, 15) is 9.59 Å². The molecule has 0 bridgehead atoms. The second kappa shape index (κ2) is 3.30. The number of carboxylic acid groups (broad SMARTS) is 1. The summed E-state index contributed by atoms with van der Waals surface area (Å²) >= 11 is 0. The maximum Gasteiger partial charge on any atom is 0.329 e. The lowest BCUT2D eigenvalue weighted by molar-refractivity contribution is -0.140. The first-order chi connectivity index (χ1) is 5.25. The van der Waals surface area contributed by atoms with Crippen molar-refractivity contribution in [2.24, 2.45) is 10.9 Å². The SMILES string of the molecule is O=C=NC(C(=O)O)C1CCC1. The predicted molar refractivity (Wildman–Crippen MR) is 36.9 cm³/mol. The average molecular weight is 155 g/mol. The summed E-state index contributed by atoms with van der Waals surface area (Å²) in [4.78, 5) is 23.5. The number of aliphatic carboxylic acids is 1. The van der Waals surface area contributed by atoms with Crippen LogP contribution in [0.2, 0.25) is 0 Å². The molecule has 1 N–H and O–H groups in total. The number of aliphatic imine (C=N–C) groups is 1. The van der Waals surface area contributed by atoms with Crippen LogP contribution in [0, 0.1) is 5.92 Å². The summed E-state index contributed by atoms with van der Waals surface area (Å²) in [5, 5.41) is 8.57. The minimum Gasteiger partial charge on any atom is -0.480 e. The van der Waals surface area contributed by atoms with Gasteiger partial charge in [0.25, 0.3) is 0 Å². The predicted octanol–water partition coefficient (Wildman–Crippen LogP) is 0.576. The molecule has 0 aliphatic heterocycles. The molecule has 4 heteroatoms. The third-order valence-electron chi connectivity index (χ3n) is 2.04. The van der Waals surface area contributed by atoms with E-state index in [-0.39, 0.29) is 5.92 Å². The molecule has 0 amide bonds. The zero-order chi connectivity index (χ0) is 8.27. The molecule has 1 atom stereocenters. The molecular weight excluding hydrogens is 146 g/mol. The molecule has 0 radical (unpaired) electrons. The number of carboxylic acids is 1. The van der Waals surface area contributed by atoms with Gasteiger partial charge < -0.3 is 5.11 Å². The highest BCUT2D eigenvalue weighted by atomic mass is 16.4. The molecule has 0 saturated heterocycles. The number of hydrogen-bond acceptors (Lipinski definition) is 3. The van der Waals surface area contributed by atoms with E-state index in [1.807, 2.05) is 0 Å². The molecule has 4 nitrogen and oxygen atoms in total. The molecule has 1 aliphatic carbocycles. The Labute approximate surface area is 63.9 Å². The van der Waals surface area contributed by atoms with Gasteiger partial charge >= 0.3 is 5.97 Å². The topological polar surface area (TPSA) is 66.7 Å². The van der Waals surface area contributed by atoms with Gasteiger partial charge in [-0.25, -0.2) is 9.59 Å². The van der Waals surface area contributed by atoms with Gasteiger partial charge in [-0.2, -0.15) is 4.99 Å². The van der Waals surface area contributed by atoms with Crippen LogP contribution >= 0.6 is 0 Å². The van der Waals surface area contributed by atoms with Gasteiger partial charge in [0.2, 0.25) is 6.08 Å². The minimum atomic E-state index is -1.02. The van der Waals surface area contributed by atoms with Crippen molar-refractivity contribution in [2.75, 3.05) is 0 Å². The Morgan fingerprint density at radius 3 is 2.55 bits per heavy atom. The fourth-order valence-corrected chi connectivity index (χ4v) is 1.17. The number of rotatable bonds is 3. The molecular formula is C7H9NO3. The molecule has 60 valence electrons. The van der Waals surface area contributed by atoms with E-state index >= 15 is 0 Å². The van der Waals surface area contributed by atoms with Gasteiger partial charge in [-0.05, 0) is 18.8 Å². The number of hydrogen-bond donors (Lipinski definition) is 1. The van der Waals surface area contributed by atoms with Crippen molar-refractivity contribution in [3.63, 3.8) is 0 Å². The van der Waals surface area contributed by atoms with Crippen LogP contribution in [0.4, 0.5) is 0 Å². The van der Waals surface area contributed by atoms with Crippen molar-refractivity contribution in [2.45, 2.75) is 25.3 Å². The second-order valence-corrected chi connectivity index (χ2v) is 2.69. The Balaban J connectivity index is 2.57. The average Bonchev–Trinajstić information content (AvgIpc) is 1.82. The third-order valence-corrected chi connectivity index (χ3v) is 2.04. The van der Waals surface area contributed by atoms with Gasteiger partial charge in [-0.3, -0.25) is 0 Å². The number of carbonyl (C=O) groups excluding carboxylic acids is 1. The van der Waals surface area contributed by atoms with E-state index in [4.69, 9.17) is 5.11 Å². The van der Waals surface area contributed by atoms with Gasteiger partial charge in [0.15, 0.2) is 6.04 Å². The van der Waals surface area contributed by atoms with E-state index in [0.717, 1.165) is 19.3 Å². The Kier molecular flexibility index (Phi) is 2.39. The van der Waals surface area contributed by atoms with Crippen molar-refractivity contribution < 1.29 is 14.7 Å². The first-order valence-corrected chi connectivity index (χ1v) is 3.55. The molecule has 0 spiro atoms. The van der Waals surface area contributed by atoms with Gasteiger partial charge in [0, 0.05) is 0 Å². The van der Waals surface area contributed by atoms with Crippen LogP contribution < -0.4 is 0 Å². The van der Waals surface area contributed by atoms with Crippen LogP contribution in [0.5, 0.6) is 0 Å². The lowest BCUT2D eigenvalue weighted by Gasteiger charge is -2.27. The van der Waals surface area contributed by atoms with Crippen molar-refractivity contribution in [3.8, 4) is 0 Å². The molecule has 0 aromatic carbocycles. The van der Waals surface area contributed by atoms with Crippen LogP contribution in [0.3, 0.4) is 0 Å². The van der Waals surface area contributed by atoms with Crippen LogP contribution in [-0.4, -0.2) is 23.2 Å². The largest absolute Gasteiger partial charge is 0.480 e. The summed E-state index contributed by atoms with van der Waals surface area (Å²) in [6.07, 6.45) is 4.06. The lowest BCUT2D eigenvalue weighted by Crippen LogP contribution is -2.32. The molecule has 1 rings (SSSR count). The summed E-state index contributed by atoms with van der Waals surface area (Å²) in [6, 6.07) is -0.846. The number of carbonyl (C=O) groups is 1. The van der Waals surface area contributed by atoms with Crippen LogP contribution in [0.25, 0.3) is 0 Å². The van der Waals surface area contributed by atoms with Crippen LogP contribution in [0.15, 0.2) is 4.99 Å².